The number of rotatable bonds is 5. The van der Waals surface area contributed by atoms with Gasteiger partial charge >= 0.3 is 5.97 Å². The Labute approximate surface area is 203 Å². The molecule has 0 amide bonds. The van der Waals surface area contributed by atoms with Crippen LogP contribution in [0.3, 0.4) is 0 Å². The van der Waals surface area contributed by atoms with Gasteiger partial charge < -0.3 is 54.7 Å². The van der Waals surface area contributed by atoms with Gasteiger partial charge in [0.25, 0.3) is 0 Å². The number of hydrogen-bond donors (Lipinski definition) is 7. The first-order valence-corrected chi connectivity index (χ1v) is 10.8. The SMILES string of the molecule is CC(=O)OC1C(Oc2c(O)cc(O)c3c2OC(c2ccc(O)cc2)C(O)C3=O)OC(CO)C(O)C1O. The number of aliphatic hydroxyl groups is 4. The van der Waals surface area contributed by atoms with Crippen LogP contribution in [0.25, 0.3) is 0 Å². The number of ketones is 1. The van der Waals surface area contributed by atoms with Gasteiger partial charge in [0.2, 0.25) is 17.8 Å². The second-order valence-corrected chi connectivity index (χ2v) is 8.29. The number of fused-ring (bicyclic) bond motifs is 1. The molecule has 0 bridgehead atoms. The molecule has 194 valence electrons. The number of phenolic OH excluding ortho intramolecular Hbond substituents is 3. The fourth-order valence-corrected chi connectivity index (χ4v) is 4.05. The lowest BCUT2D eigenvalue weighted by Gasteiger charge is -2.41. The molecule has 2 aliphatic heterocycles. The van der Waals surface area contributed by atoms with Crippen molar-refractivity contribution in [3.8, 4) is 28.7 Å². The van der Waals surface area contributed by atoms with E-state index in [9.17, 15) is 45.3 Å². The highest BCUT2D eigenvalue weighted by Crippen LogP contribution is 2.50. The van der Waals surface area contributed by atoms with Crippen molar-refractivity contribution >= 4 is 11.8 Å². The number of phenols is 3. The molecule has 2 aliphatic rings. The van der Waals surface area contributed by atoms with Crippen molar-refractivity contribution in [2.24, 2.45) is 0 Å². The van der Waals surface area contributed by atoms with E-state index < -0.39 is 89.8 Å². The van der Waals surface area contributed by atoms with Crippen LogP contribution in [0.15, 0.2) is 30.3 Å². The lowest BCUT2D eigenvalue weighted by Crippen LogP contribution is -2.61. The first kappa shape index (κ1) is 25.5. The zero-order valence-electron chi connectivity index (χ0n) is 18.7. The number of benzene rings is 2. The summed E-state index contributed by atoms with van der Waals surface area (Å²) in [4.78, 5) is 24.6. The van der Waals surface area contributed by atoms with Gasteiger partial charge in [0.05, 0.1) is 6.61 Å². The van der Waals surface area contributed by atoms with Gasteiger partial charge in [-0.15, -0.1) is 0 Å². The Morgan fingerprint density at radius 1 is 1.03 bits per heavy atom. The Balaban J connectivity index is 1.77. The minimum Gasteiger partial charge on any atom is -0.508 e. The average Bonchev–Trinajstić information content (AvgIpc) is 2.83. The quantitative estimate of drug-likeness (QED) is 0.248. The molecule has 2 aromatic rings. The minimum atomic E-state index is -1.78. The summed E-state index contributed by atoms with van der Waals surface area (Å²) in [5, 5.41) is 71.0. The zero-order chi connectivity index (χ0) is 26.3. The second-order valence-electron chi connectivity index (χ2n) is 8.29. The number of aromatic hydroxyl groups is 3. The molecule has 0 aliphatic carbocycles. The molecule has 36 heavy (non-hydrogen) atoms. The molecule has 0 radical (unpaired) electrons. The van der Waals surface area contributed by atoms with Gasteiger partial charge in [0.1, 0.15) is 35.4 Å². The van der Waals surface area contributed by atoms with Crippen LogP contribution in [0.1, 0.15) is 28.9 Å². The van der Waals surface area contributed by atoms with E-state index in [1.807, 2.05) is 0 Å². The first-order chi connectivity index (χ1) is 17.0. The molecule has 4 rings (SSSR count). The first-order valence-electron chi connectivity index (χ1n) is 10.8. The van der Waals surface area contributed by atoms with Crippen LogP contribution in [0.2, 0.25) is 0 Å². The molecule has 0 spiro atoms. The van der Waals surface area contributed by atoms with Crippen molar-refractivity contribution in [3.05, 3.63) is 41.5 Å². The van der Waals surface area contributed by atoms with Gasteiger partial charge in [0, 0.05) is 13.0 Å². The normalized spacial score (nSPS) is 29.7. The van der Waals surface area contributed by atoms with Gasteiger partial charge in [-0.1, -0.05) is 12.1 Å². The van der Waals surface area contributed by atoms with Crippen molar-refractivity contribution < 1.29 is 64.3 Å². The summed E-state index contributed by atoms with van der Waals surface area (Å²) in [7, 11) is 0. The summed E-state index contributed by atoms with van der Waals surface area (Å²) in [5.74, 6) is -4.47. The zero-order valence-corrected chi connectivity index (χ0v) is 18.7. The summed E-state index contributed by atoms with van der Waals surface area (Å²) < 4.78 is 21.9. The molecule has 2 heterocycles. The molecule has 7 atom stereocenters. The van der Waals surface area contributed by atoms with Crippen molar-refractivity contribution in [3.63, 3.8) is 0 Å². The summed E-state index contributed by atoms with van der Waals surface area (Å²) in [6.07, 6.45) is -11.3. The third-order valence-electron chi connectivity index (χ3n) is 5.82. The average molecular weight is 508 g/mol. The molecular formula is C23H24O13. The Bertz CT molecular complexity index is 1150. The molecule has 1 saturated heterocycles. The lowest BCUT2D eigenvalue weighted by molar-refractivity contribution is -0.282. The number of esters is 1. The van der Waals surface area contributed by atoms with Crippen molar-refractivity contribution in [1.82, 2.24) is 0 Å². The van der Waals surface area contributed by atoms with E-state index in [4.69, 9.17) is 18.9 Å². The predicted octanol–water partition coefficient (Wildman–Crippen LogP) is -0.770. The van der Waals surface area contributed by atoms with E-state index in [-0.39, 0.29) is 11.3 Å². The smallest absolute Gasteiger partial charge is 0.303 e. The Kier molecular flexibility index (Phi) is 6.93. The van der Waals surface area contributed by atoms with Gasteiger partial charge in [-0.05, 0) is 17.7 Å². The van der Waals surface area contributed by atoms with Crippen LogP contribution in [0, 0.1) is 0 Å². The fraction of sp³-hybridized carbons (Fsp3) is 0.391. The van der Waals surface area contributed by atoms with Crippen LogP contribution in [-0.2, 0) is 14.3 Å². The topological polar surface area (TPSA) is 213 Å². The van der Waals surface area contributed by atoms with Crippen molar-refractivity contribution in [2.75, 3.05) is 6.61 Å². The monoisotopic (exact) mass is 508 g/mol. The Hall–Kier alpha value is -3.62. The highest BCUT2D eigenvalue weighted by Gasteiger charge is 2.49. The van der Waals surface area contributed by atoms with E-state index in [0.717, 1.165) is 13.0 Å². The van der Waals surface area contributed by atoms with E-state index >= 15 is 0 Å². The summed E-state index contributed by atoms with van der Waals surface area (Å²) in [6.45, 7) is 0.272. The second kappa shape index (κ2) is 9.79. The molecule has 7 unspecified atom stereocenters. The van der Waals surface area contributed by atoms with Crippen molar-refractivity contribution in [2.45, 2.75) is 49.8 Å². The largest absolute Gasteiger partial charge is 0.508 e. The van der Waals surface area contributed by atoms with Gasteiger partial charge in [-0.3, -0.25) is 9.59 Å². The third-order valence-corrected chi connectivity index (χ3v) is 5.82. The maximum absolute atomic E-state index is 13.0. The molecule has 0 saturated carbocycles. The molecule has 13 nitrogen and oxygen atoms in total. The van der Waals surface area contributed by atoms with E-state index in [0.29, 0.717) is 0 Å². The fourth-order valence-electron chi connectivity index (χ4n) is 4.05. The number of carbonyl (C=O) groups is 2. The number of carbonyl (C=O) groups excluding carboxylic acids is 2. The maximum Gasteiger partial charge on any atom is 0.303 e. The van der Waals surface area contributed by atoms with Gasteiger partial charge in [-0.2, -0.15) is 0 Å². The van der Waals surface area contributed by atoms with E-state index in [1.54, 1.807) is 0 Å². The van der Waals surface area contributed by atoms with Crippen LogP contribution >= 0.6 is 0 Å². The highest BCUT2D eigenvalue weighted by molar-refractivity contribution is 6.06. The van der Waals surface area contributed by atoms with Crippen LogP contribution in [0.5, 0.6) is 28.7 Å². The number of Topliss-reactive ketones (excluding diaryl/α,β-unsaturated/α-hetero) is 1. The molecule has 13 heteroatoms. The van der Waals surface area contributed by atoms with E-state index in [1.165, 1.54) is 24.3 Å². The van der Waals surface area contributed by atoms with Crippen LogP contribution < -0.4 is 9.47 Å². The van der Waals surface area contributed by atoms with Gasteiger partial charge in [0.15, 0.2) is 29.8 Å². The number of ether oxygens (including phenoxy) is 4. The summed E-state index contributed by atoms with van der Waals surface area (Å²) in [6, 6.07) is 6.11. The van der Waals surface area contributed by atoms with Gasteiger partial charge in [-0.25, -0.2) is 0 Å². The highest BCUT2D eigenvalue weighted by atomic mass is 16.7. The molecular weight excluding hydrogens is 484 g/mol. The van der Waals surface area contributed by atoms with Crippen molar-refractivity contribution in [1.29, 1.82) is 0 Å². The molecule has 2 aromatic carbocycles. The Morgan fingerprint density at radius 2 is 1.69 bits per heavy atom. The number of hydrogen-bond acceptors (Lipinski definition) is 13. The minimum absolute atomic E-state index is 0.0831. The third kappa shape index (κ3) is 4.50. The van der Waals surface area contributed by atoms with Crippen LogP contribution in [-0.4, -0.2) is 90.9 Å². The van der Waals surface area contributed by atoms with Crippen LogP contribution in [0.4, 0.5) is 0 Å². The lowest BCUT2D eigenvalue weighted by atomic mass is 9.92. The summed E-state index contributed by atoms with van der Waals surface area (Å²) in [5.41, 5.74) is -0.261. The molecule has 1 fully saturated rings. The number of aliphatic hydroxyl groups excluding tert-OH is 4. The Morgan fingerprint density at radius 3 is 2.31 bits per heavy atom. The standard InChI is InChI=1S/C23H24O13/c1-8(25)33-22-17(31)15(29)13(7-24)34-23(22)36-20-12(28)6-11(27)14-16(30)18(32)19(35-21(14)20)9-2-4-10(26)5-3-9/h2-6,13,15,17-19,22-24,26-29,31-32H,7H2,1H3. The predicted molar refractivity (Wildman–Crippen MR) is 116 cm³/mol. The molecule has 0 aromatic heterocycles. The van der Waals surface area contributed by atoms with E-state index in [2.05, 4.69) is 0 Å². The maximum atomic E-state index is 13.0. The molecule has 7 N–H and O–H groups in total. The summed E-state index contributed by atoms with van der Waals surface area (Å²) >= 11 is 0.